The number of para-hydroxylation sites is 1. The van der Waals surface area contributed by atoms with Gasteiger partial charge >= 0.3 is 0 Å². The summed E-state index contributed by atoms with van der Waals surface area (Å²) >= 11 is 0. The van der Waals surface area contributed by atoms with Crippen LogP contribution in [0.15, 0.2) is 78.9 Å². The largest absolute Gasteiger partial charge is 0.341 e. The molecule has 124 valence electrons. The van der Waals surface area contributed by atoms with Crippen LogP contribution in [0.4, 0.5) is 5.95 Å². The predicted octanol–water partition coefficient (Wildman–Crippen LogP) is 4.97. The molecule has 0 amide bonds. The van der Waals surface area contributed by atoms with E-state index < -0.39 is 0 Å². The van der Waals surface area contributed by atoms with E-state index in [0.29, 0.717) is 0 Å². The molecule has 0 radical (unpaired) electrons. The highest BCUT2D eigenvalue weighted by molar-refractivity contribution is 5.82. The van der Waals surface area contributed by atoms with Crippen LogP contribution in [-0.2, 0) is 6.54 Å². The smallest absolute Gasteiger partial charge is 0.211 e. The van der Waals surface area contributed by atoms with Crippen LogP contribution in [0.25, 0.3) is 16.7 Å². The van der Waals surface area contributed by atoms with E-state index in [9.17, 15) is 0 Å². The third kappa shape index (κ3) is 3.01. The number of aromatic nitrogens is 2. The molecule has 0 unspecified atom stereocenters. The Morgan fingerprint density at radius 3 is 2.28 bits per heavy atom. The maximum absolute atomic E-state index is 4.92. The number of hydrogen-bond acceptors (Lipinski definition) is 2. The predicted molar refractivity (Wildman–Crippen MR) is 104 cm³/mol. The lowest BCUT2D eigenvalue weighted by molar-refractivity contribution is 0.855. The van der Waals surface area contributed by atoms with Gasteiger partial charge in [0.25, 0.3) is 0 Å². The van der Waals surface area contributed by atoms with Crippen LogP contribution in [0.5, 0.6) is 0 Å². The summed E-state index contributed by atoms with van der Waals surface area (Å²) in [6, 6.07) is 27.4. The molecule has 0 aliphatic rings. The van der Waals surface area contributed by atoms with Gasteiger partial charge in [0.1, 0.15) is 0 Å². The quantitative estimate of drug-likeness (QED) is 0.527. The van der Waals surface area contributed by atoms with Crippen molar-refractivity contribution in [2.24, 2.45) is 0 Å². The van der Waals surface area contributed by atoms with Crippen molar-refractivity contribution < 1.29 is 0 Å². The fraction of sp³-hybridized carbons (Fsp3) is 0.136. The van der Waals surface area contributed by atoms with Crippen LogP contribution in [0.1, 0.15) is 11.1 Å². The Labute approximate surface area is 148 Å². The van der Waals surface area contributed by atoms with E-state index in [4.69, 9.17) is 4.98 Å². The lowest BCUT2D eigenvalue weighted by atomic mass is 10.2. The number of anilines is 1. The fourth-order valence-corrected chi connectivity index (χ4v) is 3.19. The van der Waals surface area contributed by atoms with Crippen molar-refractivity contribution in [1.82, 2.24) is 9.55 Å². The monoisotopic (exact) mass is 327 g/mol. The molecule has 3 heteroatoms. The van der Waals surface area contributed by atoms with Gasteiger partial charge in [0, 0.05) is 19.3 Å². The van der Waals surface area contributed by atoms with E-state index in [1.54, 1.807) is 0 Å². The average Bonchev–Trinajstić information content (AvgIpc) is 3.02. The molecule has 0 atom stereocenters. The number of fused-ring (bicyclic) bond motifs is 1. The molecule has 4 aromatic rings. The Morgan fingerprint density at radius 2 is 1.56 bits per heavy atom. The summed E-state index contributed by atoms with van der Waals surface area (Å²) in [7, 11) is 2.10. The van der Waals surface area contributed by atoms with Gasteiger partial charge in [-0.15, -0.1) is 0 Å². The Morgan fingerprint density at radius 1 is 0.880 bits per heavy atom. The highest BCUT2D eigenvalue weighted by Crippen LogP contribution is 2.28. The molecular formula is C22H21N3. The molecular weight excluding hydrogens is 306 g/mol. The zero-order valence-electron chi connectivity index (χ0n) is 14.6. The van der Waals surface area contributed by atoms with Crippen molar-refractivity contribution in [3.63, 3.8) is 0 Å². The summed E-state index contributed by atoms with van der Waals surface area (Å²) in [5, 5.41) is 0. The number of imidazole rings is 1. The lowest BCUT2D eigenvalue weighted by Gasteiger charge is -2.20. The van der Waals surface area contributed by atoms with Crippen molar-refractivity contribution in [3.05, 3.63) is 90.0 Å². The summed E-state index contributed by atoms with van der Waals surface area (Å²) in [6.45, 7) is 2.94. The van der Waals surface area contributed by atoms with Gasteiger partial charge in [-0.25, -0.2) is 4.98 Å². The normalized spacial score (nSPS) is 11.0. The molecule has 0 aliphatic carbocycles. The molecule has 25 heavy (non-hydrogen) atoms. The molecule has 0 fully saturated rings. The first-order valence-electron chi connectivity index (χ1n) is 8.52. The van der Waals surface area contributed by atoms with Gasteiger partial charge in [0.15, 0.2) is 0 Å². The van der Waals surface area contributed by atoms with E-state index >= 15 is 0 Å². The first-order valence-corrected chi connectivity index (χ1v) is 8.52. The average molecular weight is 327 g/mol. The summed E-state index contributed by atoms with van der Waals surface area (Å²) < 4.78 is 2.24. The van der Waals surface area contributed by atoms with Gasteiger partial charge in [0.2, 0.25) is 5.95 Å². The van der Waals surface area contributed by atoms with E-state index in [0.717, 1.165) is 29.2 Å². The number of hydrogen-bond donors (Lipinski definition) is 0. The minimum Gasteiger partial charge on any atom is -0.341 e. The molecule has 4 rings (SSSR count). The molecule has 0 bridgehead atoms. The standard InChI is InChI=1S/C22H21N3/c1-17-13-14-20-21(15-17)25(19-11-7-4-8-12-19)22(23-20)24(2)16-18-9-5-3-6-10-18/h3-15H,16H2,1-2H3. The van der Waals surface area contributed by atoms with Gasteiger partial charge in [-0.05, 0) is 42.3 Å². The Bertz CT molecular complexity index is 988. The molecule has 0 N–H and O–H groups in total. The zero-order chi connectivity index (χ0) is 17.2. The highest BCUT2D eigenvalue weighted by atomic mass is 15.3. The van der Waals surface area contributed by atoms with E-state index in [1.807, 2.05) is 12.1 Å². The number of benzene rings is 3. The van der Waals surface area contributed by atoms with Gasteiger partial charge in [-0.1, -0.05) is 54.6 Å². The molecule has 1 aromatic heterocycles. The molecule has 1 heterocycles. The van der Waals surface area contributed by atoms with E-state index in [1.165, 1.54) is 11.1 Å². The van der Waals surface area contributed by atoms with Crippen LogP contribution in [0.3, 0.4) is 0 Å². The van der Waals surface area contributed by atoms with Crippen molar-refractivity contribution in [3.8, 4) is 5.69 Å². The topological polar surface area (TPSA) is 21.1 Å². The van der Waals surface area contributed by atoms with Gasteiger partial charge in [-0.3, -0.25) is 4.57 Å². The second kappa shape index (κ2) is 6.44. The minimum absolute atomic E-state index is 0.815. The molecule has 3 aromatic carbocycles. The number of rotatable bonds is 4. The molecule has 0 spiro atoms. The Kier molecular flexibility index (Phi) is 3.98. The summed E-state index contributed by atoms with van der Waals surface area (Å²) in [6.07, 6.45) is 0. The zero-order valence-corrected chi connectivity index (χ0v) is 14.6. The van der Waals surface area contributed by atoms with Crippen molar-refractivity contribution in [2.75, 3.05) is 11.9 Å². The maximum Gasteiger partial charge on any atom is 0.211 e. The maximum atomic E-state index is 4.92. The third-order valence-electron chi connectivity index (χ3n) is 4.41. The first kappa shape index (κ1) is 15.5. The minimum atomic E-state index is 0.815. The SMILES string of the molecule is Cc1ccc2nc(N(C)Cc3ccccc3)n(-c3ccccc3)c2c1. The fourth-order valence-electron chi connectivity index (χ4n) is 3.19. The van der Waals surface area contributed by atoms with E-state index in [2.05, 4.69) is 90.2 Å². The molecule has 0 saturated carbocycles. The number of nitrogens with zero attached hydrogens (tertiary/aromatic N) is 3. The van der Waals surface area contributed by atoms with Crippen molar-refractivity contribution in [2.45, 2.75) is 13.5 Å². The van der Waals surface area contributed by atoms with Crippen LogP contribution in [0.2, 0.25) is 0 Å². The lowest BCUT2D eigenvalue weighted by Crippen LogP contribution is -2.20. The van der Waals surface area contributed by atoms with Crippen LogP contribution >= 0.6 is 0 Å². The summed E-state index contributed by atoms with van der Waals surface area (Å²) in [4.78, 5) is 7.12. The summed E-state index contributed by atoms with van der Waals surface area (Å²) in [5.74, 6) is 0.954. The van der Waals surface area contributed by atoms with Gasteiger partial charge in [0.05, 0.1) is 11.0 Å². The van der Waals surface area contributed by atoms with Crippen LogP contribution in [-0.4, -0.2) is 16.6 Å². The highest BCUT2D eigenvalue weighted by Gasteiger charge is 2.16. The van der Waals surface area contributed by atoms with Crippen LogP contribution in [0, 0.1) is 6.92 Å². The second-order valence-electron chi connectivity index (χ2n) is 6.42. The van der Waals surface area contributed by atoms with Gasteiger partial charge < -0.3 is 4.90 Å². The molecule has 0 aliphatic heterocycles. The van der Waals surface area contributed by atoms with Gasteiger partial charge in [-0.2, -0.15) is 0 Å². The van der Waals surface area contributed by atoms with E-state index in [-0.39, 0.29) is 0 Å². The first-order chi connectivity index (χ1) is 12.2. The molecule has 0 saturated heterocycles. The summed E-state index contributed by atoms with van der Waals surface area (Å²) in [5.41, 5.74) is 5.80. The Balaban J connectivity index is 1.85. The van der Waals surface area contributed by atoms with Crippen LogP contribution < -0.4 is 4.90 Å². The molecule has 3 nitrogen and oxygen atoms in total. The third-order valence-corrected chi connectivity index (χ3v) is 4.41. The Hall–Kier alpha value is -3.07. The van der Waals surface area contributed by atoms with Crippen molar-refractivity contribution in [1.29, 1.82) is 0 Å². The van der Waals surface area contributed by atoms with Crippen molar-refractivity contribution >= 4 is 17.0 Å². The number of aryl methyl sites for hydroxylation is 1. The second-order valence-corrected chi connectivity index (χ2v) is 6.42.